The first-order chi connectivity index (χ1) is 13.1. The number of aromatic nitrogens is 1. The predicted octanol–water partition coefficient (Wildman–Crippen LogP) is 5.06. The van der Waals surface area contributed by atoms with Gasteiger partial charge in [0.25, 0.3) is 0 Å². The third kappa shape index (κ3) is 3.78. The molecule has 1 amide bonds. The first kappa shape index (κ1) is 17.9. The molecule has 0 aliphatic carbocycles. The molecule has 2 heterocycles. The van der Waals surface area contributed by atoms with E-state index in [-0.39, 0.29) is 5.91 Å². The van der Waals surface area contributed by atoms with E-state index in [2.05, 4.69) is 59.6 Å². The maximum absolute atomic E-state index is 11.1. The molecule has 5 heteroatoms. The molecule has 0 fully saturated rings. The molecule has 0 atom stereocenters. The van der Waals surface area contributed by atoms with Crippen LogP contribution in [0.3, 0.4) is 0 Å². The van der Waals surface area contributed by atoms with Crippen LogP contribution in [0.1, 0.15) is 25.3 Å². The molecule has 0 radical (unpaired) electrons. The zero-order chi connectivity index (χ0) is 18.8. The average Bonchev–Trinajstić information content (AvgIpc) is 2.65. The molecule has 1 aliphatic rings. The second-order valence-corrected chi connectivity index (χ2v) is 8.00. The van der Waals surface area contributed by atoms with E-state index >= 15 is 0 Å². The molecule has 1 N–H and O–H groups in total. The Labute approximate surface area is 164 Å². The van der Waals surface area contributed by atoms with Crippen molar-refractivity contribution < 1.29 is 4.79 Å². The van der Waals surface area contributed by atoms with Crippen molar-refractivity contribution in [1.29, 1.82) is 0 Å². The van der Waals surface area contributed by atoms with Crippen LogP contribution in [0.25, 0.3) is 10.9 Å². The van der Waals surface area contributed by atoms with Gasteiger partial charge < -0.3 is 10.2 Å². The summed E-state index contributed by atoms with van der Waals surface area (Å²) in [6, 6.07) is 17.1. The van der Waals surface area contributed by atoms with E-state index in [1.807, 2.05) is 6.07 Å². The Kier molecular flexibility index (Phi) is 5.03. The van der Waals surface area contributed by atoms with Gasteiger partial charge in [-0.2, -0.15) is 0 Å². The van der Waals surface area contributed by atoms with E-state index in [1.165, 1.54) is 26.4 Å². The van der Waals surface area contributed by atoms with E-state index in [4.69, 9.17) is 4.98 Å². The number of nitrogens with one attached hydrogen (secondary N) is 1. The predicted molar refractivity (Wildman–Crippen MR) is 112 cm³/mol. The average molecular weight is 378 g/mol. The number of hydrogen-bond acceptors (Lipinski definition) is 4. The summed E-state index contributed by atoms with van der Waals surface area (Å²) in [5.41, 5.74) is 3.51. The summed E-state index contributed by atoms with van der Waals surface area (Å²) in [5.74, 6) is 1.07. The van der Waals surface area contributed by atoms with Crippen LogP contribution >= 0.6 is 11.8 Å². The van der Waals surface area contributed by atoms with Crippen LogP contribution in [-0.4, -0.2) is 24.0 Å². The van der Waals surface area contributed by atoms with Crippen molar-refractivity contribution in [3.8, 4) is 0 Å². The molecule has 1 aromatic heterocycles. The van der Waals surface area contributed by atoms with Gasteiger partial charge in [0.05, 0.1) is 16.1 Å². The smallest absolute Gasteiger partial charge is 0.216 e. The summed E-state index contributed by atoms with van der Waals surface area (Å²) < 4.78 is 0. The van der Waals surface area contributed by atoms with Gasteiger partial charge in [0.15, 0.2) is 0 Å². The largest absolute Gasteiger partial charge is 0.356 e. The van der Waals surface area contributed by atoms with Gasteiger partial charge in [0.1, 0.15) is 5.82 Å². The van der Waals surface area contributed by atoms with Crippen LogP contribution in [0, 0.1) is 6.92 Å². The molecule has 4 nitrogen and oxygen atoms in total. The Morgan fingerprint density at radius 3 is 2.81 bits per heavy atom. The SMILES string of the molecule is CC(=O)NCCCCN1c2ccc(C)cc2Sc2cc3ccccc3nc21. The number of carbonyl (C=O) groups is 1. The normalized spacial score (nSPS) is 12.6. The second kappa shape index (κ2) is 7.61. The van der Waals surface area contributed by atoms with Crippen LogP contribution in [0.15, 0.2) is 58.3 Å². The number of pyridine rings is 1. The molecular formula is C22H23N3OS. The molecule has 138 valence electrons. The zero-order valence-corrected chi connectivity index (χ0v) is 16.5. The summed E-state index contributed by atoms with van der Waals surface area (Å²) in [6.07, 6.45) is 1.94. The zero-order valence-electron chi connectivity index (χ0n) is 15.7. The highest BCUT2D eigenvalue weighted by Gasteiger charge is 2.25. The van der Waals surface area contributed by atoms with Gasteiger partial charge >= 0.3 is 0 Å². The standard InChI is InChI=1S/C22H23N3OS/c1-15-9-10-19-20(13-15)27-21-14-17-7-3-4-8-18(17)24-22(21)25(19)12-6-5-11-23-16(2)26/h3-4,7-10,13-14H,5-6,11-12H2,1-2H3,(H,23,26). The minimum atomic E-state index is 0.0312. The van der Waals surface area contributed by atoms with E-state index in [0.717, 1.165) is 37.3 Å². The maximum Gasteiger partial charge on any atom is 0.216 e. The number of benzene rings is 2. The Morgan fingerprint density at radius 2 is 1.96 bits per heavy atom. The van der Waals surface area contributed by atoms with Gasteiger partial charge in [-0.15, -0.1) is 0 Å². The number of aryl methyl sites for hydroxylation is 1. The molecule has 0 unspecified atom stereocenters. The molecule has 27 heavy (non-hydrogen) atoms. The fourth-order valence-corrected chi connectivity index (χ4v) is 4.60. The van der Waals surface area contributed by atoms with E-state index in [1.54, 1.807) is 18.7 Å². The van der Waals surface area contributed by atoms with Crippen molar-refractivity contribution in [3.63, 3.8) is 0 Å². The molecule has 0 saturated carbocycles. The lowest BCUT2D eigenvalue weighted by Gasteiger charge is -2.32. The number of carbonyl (C=O) groups excluding carboxylic acids is 1. The van der Waals surface area contributed by atoms with E-state index < -0.39 is 0 Å². The maximum atomic E-state index is 11.1. The monoisotopic (exact) mass is 377 g/mol. The van der Waals surface area contributed by atoms with Gasteiger partial charge in [0, 0.05) is 30.3 Å². The molecule has 0 bridgehead atoms. The first-order valence-electron chi connectivity index (χ1n) is 9.32. The lowest BCUT2D eigenvalue weighted by atomic mass is 10.1. The Balaban J connectivity index is 1.66. The minimum absolute atomic E-state index is 0.0312. The van der Waals surface area contributed by atoms with Gasteiger partial charge in [-0.3, -0.25) is 4.79 Å². The van der Waals surface area contributed by atoms with Crippen LogP contribution in [0.2, 0.25) is 0 Å². The number of unbranched alkanes of at least 4 members (excludes halogenated alkanes) is 1. The van der Waals surface area contributed by atoms with E-state index in [0.29, 0.717) is 0 Å². The number of rotatable bonds is 5. The molecule has 0 saturated heterocycles. The van der Waals surface area contributed by atoms with Gasteiger partial charge in [-0.05, 0) is 49.6 Å². The minimum Gasteiger partial charge on any atom is -0.356 e. The lowest BCUT2D eigenvalue weighted by Crippen LogP contribution is -2.25. The van der Waals surface area contributed by atoms with Crippen molar-refractivity contribution in [3.05, 3.63) is 54.1 Å². The fraction of sp³-hybridized carbons (Fsp3) is 0.273. The molecule has 2 aromatic carbocycles. The molecule has 1 aliphatic heterocycles. The van der Waals surface area contributed by atoms with Gasteiger partial charge in [-0.25, -0.2) is 4.98 Å². The van der Waals surface area contributed by atoms with E-state index in [9.17, 15) is 4.79 Å². The first-order valence-corrected chi connectivity index (χ1v) is 10.1. The van der Waals surface area contributed by atoms with Crippen LogP contribution in [0.4, 0.5) is 11.5 Å². The number of amides is 1. The third-order valence-corrected chi connectivity index (χ3v) is 5.80. The number of hydrogen-bond donors (Lipinski definition) is 1. The van der Waals surface area contributed by atoms with Gasteiger partial charge in [-0.1, -0.05) is 36.0 Å². The Morgan fingerprint density at radius 1 is 1.11 bits per heavy atom. The number of nitrogens with zero attached hydrogens (tertiary/aromatic N) is 2. The summed E-state index contributed by atoms with van der Waals surface area (Å²) in [7, 11) is 0. The van der Waals surface area contributed by atoms with Crippen molar-refractivity contribution in [2.45, 2.75) is 36.5 Å². The van der Waals surface area contributed by atoms with Crippen LogP contribution in [0.5, 0.6) is 0 Å². The Bertz CT molecular complexity index is 1000. The summed E-state index contributed by atoms with van der Waals surface area (Å²) in [5, 5.41) is 4.05. The summed E-state index contributed by atoms with van der Waals surface area (Å²) in [6.45, 7) is 5.30. The van der Waals surface area contributed by atoms with Crippen molar-refractivity contribution in [2.75, 3.05) is 18.0 Å². The molecule has 3 aromatic rings. The number of anilines is 2. The highest BCUT2D eigenvalue weighted by atomic mass is 32.2. The highest BCUT2D eigenvalue weighted by molar-refractivity contribution is 7.99. The summed E-state index contributed by atoms with van der Waals surface area (Å²) in [4.78, 5) is 20.9. The molecule has 4 rings (SSSR count). The van der Waals surface area contributed by atoms with Crippen molar-refractivity contribution in [1.82, 2.24) is 10.3 Å². The summed E-state index contributed by atoms with van der Waals surface area (Å²) >= 11 is 1.80. The topological polar surface area (TPSA) is 45.2 Å². The van der Waals surface area contributed by atoms with Crippen LogP contribution < -0.4 is 10.2 Å². The van der Waals surface area contributed by atoms with Crippen LogP contribution in [-0.2, 0) is 4.79 Å². The fourth-order valence-electron chi connectivity index (χ4n) is 3.40. The van der Waals surface area contributed by atoms with Crippen molar-refractivity contribution >= 4 is 40.1 Å². The highest BCUT2D eigenvalue weighted by Crippen LogP contribution is 2.48. The second-order valence-electron chi connectivity index (χ2n) is 6.92. The van der Waals surface area contributed by atoms with Crippen molar-refractivity contribution in [2.24, 2.45) is 0 Å². The Hall–Kier alpha value is -2.53. The lowest BCUT2D eigenvalue weighted by molar-refractivity contribution is -0.118. The third-order valence-electron chi connectivity index (χ3n) is 4.73. The number of para-hydroxylation sites is 1. The number of fused-ring (bicyclic) bond motifs is 3. The van der Waals surface area contributed by atoms with Gasteiger partial charge in [0.2, 0.25) is 5.91 Å². The molecular weight excluding hydrogens is 354 g/mol. The quantitative estimate of drug-likeness (QED) is 0.631. The molecule has 0 spiro atoms.